The molecule has 0 saturated heterocycles. The Morgan fingerprint density at radius 2 is 2.15 bits per heavy atom. The monoisotopic (exact) mass is 271 g/mol. The molecule has 2 bridgehead atoms. The fraction of sp³-hybridized carbons (Fsp3) is 0.471. The van der Waals surface area contributed by atoms with Gasteiger partial charge in [-0.3, -0.25) is 4.79 Å². The zero-order valence-corrected chi connectivity index (χ0v) is 11.8. The van der Waals surface area contributed by atoms with E-state index in [0.717, 1.165) is 17.2 Å². The van der Waals surface area contributed by atoms with Crippen LogP contribution >= 0.6 is 0 Å². The third-order valence-electron chi connectivity index (χ3n) is 4.62. The van der Waals surface area contributed by atoms with Crippen molar-refractivity contribution in [3.8, 4) is 5.75 Å². The van der Waals surface area contributed by atoms with Crippen molar-refractivity contribution in [3.63, 3.8) is 0 Å². The molecule has 3 atom stereocenters. The molecule has 2 saturated carbocycles. The molecule has 1 aromatic rings. The highest BCUT2D eigenvalue weighted by Crippen LogP contribution is 2.44. The molecule has 1 N–H and O–H groups in total. The average Bonchev–Trinajstić information content (AvgIpc) is 3.08. The van der Waals surface area contributed by atoms with Crippen LogP contribution in [0.15, 0.2) is 30.3 Å². The lowest BCUT2D eigenvalue weighted by molar-refractivity contribution is -0.117. The smallest absolute Gasteiger partial charge is 0.244 e. The summed E-state index contributed by atoms with van der Waals surface area (Å²) in [7, 11) is 1.64. The molecule has 1 amide bonds. The molecular weight excluding hydrogens is 250 g/mol. The van der Waals surface area contributed by atoms with Crippen LogP contribution in [0.25, 0.3) is 6.08 Å². The van der Waals surface area contributed by atoms with E-state index < -0.39 is 0 Å². The first-order chi connectivity index (χ1) is 9.76. The summed E-state index contributed by atoms with van der Waals surface area (Å²) in [6, 6.07) is 8.10. The number of carbonyl (C=O) groups is 1. The van der Waals surface area contributed by atoms with Crippen LogP contribution in [0, 0.1) is 11.8 Å². The Hall–Kier alpha value is -1.77. The number of carbonyl (C=O) groups excluding carboxylic acids is 1. The third-order valence-corrected chi connectivity index (χ3v) is 4.62. The van der Waals surface area contributed by atoms with Gasteiger partial charge in [-0.25, -0.2) is 0 Å². The highest BCUT2D eigenvalue weighted by Gasteiger charge is 2.39. The molecule has 0 aliphatic heterocycles. The van der Waals surface area contributed by atoms with Crippen molar-refractivity contribution < 1.29 is 9.53 Å². The molecule has 3 heteroatoms. The molecule has 106 valence electrons. The topological polar surface area (TPSA) is 38.3 Å². The Balaban J connectivity index is 1.60. The van der Waals surface area contributed by atoms with E-state index in [1.807, 2.05) is 30.3 Å². The summed E-state index contributed by atoms with van der Waals surface area (Å²) in [5, 5.41) is 3.15. The quantitative estimate of drug-likeness (QED) is 0.855. The predicted octanol–water partition coefficient (Wildman–Crippen LogP) is 3.01. The number of fused-ring (bicyclic) bond motifs is 2. The summed E-state index contributed by atoms with van der Waals surface area (Å²) in [4.78, 5) is 12.0. The molecule has 3 nitrogen and oxygen atoms in total. The number of rotatable bonds is 4. The fourth-order valence-electron chi connectivity index (χ4n) is 3.62. The van der Waals surface area contributed by atoms with Gasteiger partial charge in [-0.1, -0.05) is 24.6 Å². The van der Waals surface area contributed by atoms with E-state index in [4.69, 9.17) is 4.74 Å². The fourth-order valence-corrected chi connectivity index (χ4v) is 3.62. The van der Waals surface area contributed by atoms with E-state index in [0.29, 0.717) is 12.0 Å². The first-order valence-electron chi connectivity index (χ1n) is 7.38. The van der Waals surface area contributed by atoms with Crippen LogP contribution in [0.2, 0.25) is 0 Å². The second-order valence-electron chi connectivity index (χ2n) is 5.87. The van der Waals surface area contributed by atoms with Crippen LogP contribution in [0.1, 0.15) is 31.2 Å². The third kappa shape index (κ3) is 2.72. The van der Waals surface area contributed by atoms with Gasteiger partial charge in [0.15, 0.2) is 0 Å². The van der Waals surface area contributed by atoms with E-state index in [2.05, 4.69) is 5.32 Å². The SMILES string of the molecule is COc1ccccc1/C=C/C(=O)N[C@H]1C[C@H]2CC[C@H]1C2. The molecular formula is C17H21NO2. The largest absolute Gasteiger partial charge is 0.496 e. The summed E-state index contributed by atoms with van der Waals surface area (Å²) >= 11 is 0. The maximum absolute atomic E-state index is 12.0. The molecule has 1 aromatic carbocycles. The lowest BCUT2D eigenvalue weighted by Crippen LogP contribution is -2.37. The molecule has 2 aliphatic rings. The molecule has 2 fully saturated rings. The predicted molar refractivity (Wildman–Crippen MR) is 79.4 cm³/mol. The van der Waals surface area contributed by atoms with Crippen molar-refractivity contribution in [2.75, 3.05) is 7.11 Å². The number of hydrogen-bond acceptors (Lipinski definition) is 2. The molecule has 0 aromatic heterocycles. The highest BCUT2D eigenvalue weighted by molar-refractivity contribution is 5.92. The van der Waals surface area contributed by atoms with Crippen molar-refractivity contribution in [1.82, 2.24) is 5.32 Å². The van der Waals surface area contributed by atoms with Crippen molar-refractivity contribution in [2.45, 2.75) is 31.7 Å². The normalized spacial score (nSPS) is 27.9. The van der Waals surface area contributed by atoms with Gasteiger partial charge in [-0.05, 0) is 43.2 Å². The van der Waals surface area contributed by atoms with Gasteiger partial charge in [0.05, 0.1) is 7.11 Å². The molecule has 0 radical (unpaired) electrons. The maximum Gasteiger partial charge on any atom is 0.244 e. The van der Waals surface area contributed by atoms with Gasteiger partial charge in [0, 0.05) is 17.7 Å². The van der Waals surface area contributed by atoms with Crippen molar-refractivity contribution >= 4 is 12.0 Å². The van der Waals surface area contributed by atoms with E-state index in [1.165, 1.54) is 25.7 Å². The molecule has 3 rings (SSSR count). The number of para-hydroxylation sites is 1. The van der Waals surface area contributed by atoms with Gasteiger partial charge < -0.3 is 10.1 Å². The second kappa shape index (κ2) is 5.70. The Bertz CT molecular complexity index is 523. The number of ether oxygens (including phenoxy) is 1. The summed E-state index contributed by atoms with van der Waals surface area (Å²) in [5.41, 5.74) is 0.929. The molecule has 2 aliphatic carbocycles. The number of benzene rings is 1. The van der Waals surface area contributed by atoms with Crippen LogP contribution < -0.4 is 10.1 Å². The number of nitrogens with one attached hydrogen (secondary N) is 1. The molecule has 0 unspecified atom stereocenters. The lowest BCUT2D eigenvalue weighted by atomic mass is 9.95. The van der Waals surface area contributed by atoms with Gasteiger partial charge in [0.25, 0.3) is 0 Å². The number of amides is 1. The molecule has 0 heterocycles. The van der Waals surface area contributed by atoms with Gasteiger partial charge >= 0.3 is 0 Å². The summed E-state index contributed by atoms with van der Waals surface area (Å²) < 4.78 is 5.27. The van der Waals surface area contributed by atoms with Crippen LogP contribution in [-0.4, -0.2) is 19.1 Å². The van der Waals surface area contributed by atoms with E-state index in [1.54, 1.807) is 13.2 Å². The van der Waals surface area contributed by atoms with Crippen LogP contribution in [0.3, 0.4) is 0 Å². The van der Waals surface area contributed by atoms with E-state index >= 15 is 0 Å². The minimum atomic E-state index is 0.00783. The highest BCUT2D eigenvalue weighted by atomic mass is 16.5. The second-order valence-corrected chi connectivity index (χ2v) is 5.87. The summed E-state index contributed by atoms with van der Waals surface area (Å²) in [5.74, 6) is 2.36. The zero-order chi connectivity index (χ0) is 13.9. The zero-order valence-electron chi connectivity index (χ0n) is 11.8. The van der Waals surface area contributed by atoms with Crippen molar-refractivity contribution in [1.29, 1.82) is 0 Å². The minimum absolute atomic E-state index is 0.00783. The summed E-state index contributed by atoms with van der Waals surface area (Å²) in [6.45, 7) is 0. The average molecular weight is 271 g/mol. The first kappa shape index (κ1) is 13.2. The van der Waals surface area contributed by atoms with E-state index in [-0.39, 0.29) is 5.91 Å². The van der Waals surface area contributed by atoms with Crippen molar-refractivity contribution in [2.24, 2.45) is 11.8 Å². The van der Waals surface area contributed by atoms with Gasteiger partial charge in [-0.15, -0.1) is 0 Å². The number of hydrogen-bond donors (Lipinski definition) is 1. The van der Waals surface area contributed by atoms with Gasteiger partial charge in [0.2, 0.25) is 5.91 Å². The van der Waals surface area contributed by atoms with Crippen molar-refractivity contribution in [3.05, 3.63) is 35.9 Å². The standard InChI is InChI=1S/C17H21NO2/c1-20-16-5-3-2-4-13(16)8-9-17(19)18-15-11-12-6-7-14(15)10-12/h2-5,8-9,12,14-15H,6-7,10-11H2,1H3,(H,18,19)/b9-8+/t12-,14-,15-/m0/s1. The Morgan fingerprint density at radius 3 is 2.85 bits per heavy atom. The first-order valence-corrected chi connectivity index (χ1v) is 7.38. The van der Waals surface area contributed by atoms with Gasteiger partial charge in [-0.2, -0.15) is 0 Å². The lowest BCUT2D eigenvalue weighted by Gasteiger charge is -2.22. The number of methoxy groups -OCH3 is 1. The Labute approximate surface area is 120 Å². The van der Waals surface area contributed by atoms with Crippen LogP contribution in [0.5, 0.6) is 5.75 Å². The minimum Gasteiger partial charge on any atom is -0.496 e. The maximum atomic E-state index is 12.0. The molecule has 20 heavy (non-hydrogen) atoms. The summed E-state index contributed by atoms with van der Waals surface area (Å²) in [6.07, 6.45) is 8.55. The Morgan fingerprint density at radius 1 is 1.30 bits per heavy atom. The van der Waals surface area contributed by atoms with Crippen LogP contribution in [0.4, 0.5) is 0 Å². The Kier molecular flexibility index (Phi) is 3.77. The van der Waals surface area contributed by atoms with Crippen LogP contribution in [-0.2, 0) is 4.79 Å². The van der Waals surface area contributed by atoms with Gasteiger partial charge in [0.1, 0.15) is 5.75 Å². The molecule has 0 spiro atoms. The van der Waals surface area contributed by atoms with E-state index in [9.17, 15) is 4.79 Å².